The van der Waals surface area contributed by atoms with Gasteiger partial charge in [-0.25, -0.2) is 0 Å². The Morgan fingerprint density at radius 3 is 2.42 bits per heavy atom. The molecule has 198 valence electrons. The van der Waals surface area contributed by atoms with Crippen molar-refractivity contribution >= 4 is 11.6 Å². The van der Waals surface area contributed by atoms with Crippen LogP contribution in [0.15, 0.2) is 78.0 Å². The summed E-state index contributed by atoms with van der Waals surface area (Å²) in [5.41, 5.74) is 9.63. The number of ether oxygens (including phenoxy) is 1. The molecule has 1 atom stereocenters. The highest BCUT2D eigenvalue weighted by molar-refractivity contribution is 6.30. The third-order valence-corrected chi connectivity index (χ3v) is 8.62. The van der Waals surface area contributed by atoms with Gasteiger partial charge in [0.15, 0.2) is 0 Å². The summed E-state index contributed by atoms with van der Waals surface area (Å²) in [5, 5.41) is 4.88. The maximum Gasteiger partial charge on any atom is 0.122 e. The number of nitrogens with one attached hydrogen (secondary N) is 1. The molecule has 2 fully saturated rings. The number of rotatable bonds is 9. The first kappa shape index (κ1) is 25.5. The first-order chi connectivity index (χ1) is 18.7. The maximum absolute atomic E-state index is 6.23. The Hall–Kier alpha value is -2.75. The molecule has 3 aromatic carbocycles. The summed E-state index contributed by atoms with van der Waals surface area (Å²) in [6.45, 7) is 4.42. The SMILES string of the molecule is Clc1cccc(-c2ccc(CC(NC(Cc3ccc4c(c3)CCCO4)CN3CCCC3)=C3CCC3)cc2)c1. The van der Waals surface area contributed by atoms with Crippen LogP contribution in [0.4, 0.5) is 0 Å². The summed E-state index contributed by atoms with van der Waals surface area (Å²) >= 11 is 6.23. The van der Waals surface area contributed by atoms with Gasteiger partial charge in [0.2, 0.25) is 0 Å². The highest BCUT2D eigenvalue weighted by Crippen LogP contribution is 2.31. The molecule has 4 heteroatoms. The van der Waals surface area contributed by atoms with E-state index < -0.39 is 0 Å². The van der Waals surface area contributed by atoms with Crippen LogP contribution in [0, 0.1) is 0 Å². The van der Waals surface area contributed by atoms with Crippen molar-refractivity contribution < 1.29 is 4.74 Å². The molecule has 0 aromatic heterocycles. The number of halogens is 1. The normalized spacial score (nSPS) is 17.9. The van der Waals surface area contributed by atoms with Gasteiger partial charge in [0.25, 0.3) is 0 Å². The lowest BCUT2D eigenvalue weighted by molar-refractivity contribution is 0.287. The topological polar surface area (TPSA) is 24.5 Å². The molecule has 2 aliphatic heterocycles. The van der Waals surface area contributed by atoms with Gasteiger partial charge in [0.05, 0.1) is 6.61 Å². The second kappa shape index (κ2) is 12.0. The highest BCUT2D eigenvalue weighted by Gasteiger charge is 2.22. The molecule has 38 heavy (non-hydrogen) atoms. The van der Waals surface area contributed by atoms with Crippen LogP contribution in [-0.4, -0.2) is 37.2 Å². The van der Waals surface area contributed by atoms with Gasteiger partial charge < -0.3 is 15.0 Å². The lowest BCUT2D eigenvalue weighted by Crippen LogP contribution is -2.42. The van der Waals surface area contributed by atoms with Crippen LogP contribution in [-0.2, 0) is 19.3 Å². The third-order valence-electron chi connectivity index (χ3n) is 8.39. The number of hydrogen-bond acceptors (Lipinski definition) is 3. The van der Waals surface area contributed by atoms with Crippen LogP contribution >= 0.6 is 11.6 Å². The van der Waals surface area contributed by atoms with Gasteiger partial charge in [-0.2, -0.15) is 0 Å². The van der Waals surface area contributed by atoms with Gasteiger partial charge >= 0.3 is 0 Å². The fraction of sp³-hybridized carbons (Fsp3) is 0.412. The van der Waals surface area contributed by atoms with Gasteiger partial charge in [-0.3, -0.25) is 0 Å². The fourth-order valence-electron chi connectivity index (χ4n) is 6.13. The molecule has 1 saturated heterocycles. The molecule has 3 aliphatic rings. The van der Waals surface area contributed by atoms with Gasteiger partial charge in [-0.05, 0) is 110 Å². The van der Waals surface area contributed by atoms with Gasteiger partial charge in [-0.15, -0.1) is 0 Å². The maximum atomic E-state index is 6.23. The number of fused-ring (bicyclic) bond motifs is 1. The molecule has 2 heterocycles. The average Bonchev–Trinajstić information content (AvgIpc) is 3.41. The van der Waals surface area contributed by atoms with E-state index in [1.165, 1.54) is 78.7 Å². The average molecular weight is 527 g/mol. The summed E-state index contributed by atoms with van der Waals surface area (Å²) in [7, 11) is 0. The van der Waals surface area contributed by atoms with Crippen molar-refractivity contribution in [2.45, 2.75) is 63.8 Å². The lowest BCUT2D eigenvalue weighted by atomic mass is 9.88. The molecule has 1 N–H and O–H groups in total. The van der Waals surface area contributed by atoms with Crippen LogP contribution in [0.2, 0.25) is 5.02 Å². The van der Waals surface area contributed by atoms with E-state index in [0.29, 0.717) is 6.04 Å². The molecule has 0 bridgehead atoms. The van der Waals surface area contributed by atoms with E-state index in [4.69, 9.17) is 16.3 Å². The van der Waals surface area contributed by atoms with E-state index in [9.17, 15) is 0 Å². The third kappa shape index (κ3) is 6.27. The van der Waals surface area contributed by atoms with Crippen LogP contribution in [0.1, 0.15) is 55.2 Å². The van der Waals surface area contributed by atoms with Crippen LogP contribution < -0.4 is 10.1 Å². The minimum Gasteiger partial charge on any atom is -0.493 e. The van der Waals surface area contributed by atoms with Crippen molar-refractivity contribution in [3.05, 3.63) is 99.7 Å². The Bertz CT molecular complexity index is 1270. The lowest BCUT2D eigenvalue weighted by Gasteiger charge is -2.31. The number of aryl methyl sites for hydroxylation is 1. The second-order valence-electron chi connectivity index (χ2n) is 11.3. The predicted octanol–water partition coefficient (Wildman–Crippen LogP) is 7.61. The largest absolute Gasteiger partial charge is 0.493 e. The molecule has 0 amide bonds. The first-order valence-corrected chi connectivity index (χ1v) is 14.9. The van der Waals surface area contributed by atoms with Gasteiger partial charge in [0.1, 0.15) is 5.75 Å². The summed E-state index contributed by atoms with van der Waals surface area (Å²) in [6.07, 6.45) is 10.7. The van der Waals surface area contributed by atoms with E-state index >= 15 is 0 Å². The van der Waals surface area contributed by atoms with Gasteiger partial charge in [-0.1, -0.05) is 65.7 Å². The number of allylic oxidation sites excluding steroid dienone is 2. The van der Waals surface area contributed by atoms with Crippen LogP contribution in [0.3, 0.4) is 0 Å². The van der Waals surface area contributed by atoms with Crippen molar-refractivity contribution in [1.82, 2.24) is 10.2 Å². The van der Waals surface area contributed by atoms with Crippen molar-refractivity contribution in [1.29, 1.82) is 0 Å². The minimum absolute atomic E-state index is 0.407. The zero-order chi connectivity index (χ0) is 25.7. The molecule has 6 rings (SSSR count). The predicted molar refractivity (Wildman–Crippen MR) is 158 cm³/mol. The Kier molecular flexibility index (Phi) is 8.04. The standard InChI is InChI=1S/C34H39ClN2O/c35-31-10-4-8-29(23-31)27-14-11-25(12-15-27)22-33(28-6-3-7-28)36-32(24-37-17-1-2-18-37)21-26-13-16-34-30(20-26)9-5-19-38-34/h4,8,10-16,20,23,32,36H,1-3,5-7,9,17-19,21-22,24H2. The summed E-state index contributed by atoms with van der Waals surface area (Å²) in [4.78, 5) is 2.65. The smallest absolute Gasteiger partial charge is 0.122 e. The monoisotopic (exact) mass is 526 g/mol. The molecular weight excluding hydrogens is 488 g/mol. The zero-order valence-electron chi connectivity index (χ0n) is 22.4. The Morgan fingerprint density at radius 1 is 0.842 bits per heavy atom. The molecule has 3 nitrogen and oxygen atoms in total. The van der Waals surface area contributed by atoms with Crippen molar-refractivity contribution in [3.63, 3.8) is 0 Å². The van der Waals surface area contributed by atoms with Crippen molar-refractivity contribution in [2.75, 3.05) is 26.2 Å². The molecule has 3 aromatic rings. The second-order valence-corrected chi connectivity index (χ2v) is 11.7. The highest BCUT2D eigenvalue weighted by atomic mass is 35.5. The Morgan fingerprint density at radius 2 is 1.66 bits per heavy atom. The minimum atomic E-state index is 0.407. The Labute approximate surface area is 232 Å². The van der Waals surface area contributed by atoms with Crippen LogP contribution in [0.5, 0.6) is 5.75 Å². The number of nitrogens with zero attached hydrogens (tertiary/aromatic N) is 1. The van der Waals surface area contributed by atoms with E-state index in [0.717, 1.165) is 49.6 Å². The fourth-order valence-corrected chi connectivity index (χ4v) is 6.32. The Balaban J connectivity index is 1.20. The molecule has 0 spiro atoms. The van der Waals surface area contributed by atoms with Gasteiger partial charge in [0, 0.05) is 29.7 Å². The summed E-state index contributed by atoms with van der Waals surface area (Å²) in [6, 6.07) is 24.5. The van der Waals surface area contributed by atoms with Crippen molar-refractivity contribution in [3.8, 4) is 16.9 Å². The zero-order valence-corrected chi connectivity index (χ0v) is 23.1. The van der Waals surface area contributed by atoms with E-state index in [1.54, 1.807) is 5.57 Å². The van der Waals surface area contributed by atoms with Crippen LogP contribution in [0.25, 0.3) is 11.1 Å². The molecule has 1 unspecified atom stereocenters. The summed E-state index contributed by atoms with van der Waals surface area (Å²) in [5.74, 6) is 1.09. The first-order valence-electron chi connectivity index (χ1n) is 14.5. The molecule has 1 saturated carbocycles. The van der Waals surface area contributed by atoms with Crippen molar-refractivity contribution in [2.24, 2.45) is 0 Å². The number of benzene rings is 3. The quantitative estimate of drug-likeness (QED) is 0.310. The van der Waals surface area contributed by atoms with E-state index in [2.05, 4.69) is 58.7 Å². The molecule has 0 radical (unpaired) electrons. The molecule has 1 aliphatic carbocycles. The number of hydrogen-bond donors (Lipinski definition) is 1. The van der Waals surface area contributed by atoms with E-state index in [-0.39, 0.29) is 0 Å². The number of likely N-dealkylation sites (tertiary alicyclic amines) is 1. The molecular formula is C34H39ClN2O. The summed E-state index contributed by atoms with van der Waals surface area (Å²) < 4.78 is 5.88. The van der Waals surface area contributed by atoms with E-state index in [1.807, 2.05) is 18.2 Å².